The van der Waals surface area contributed by atoms with Crippen molar-refractivity contribution in [1.29, 1.82) is 0 Å². The maximum atomic E-state index is 11.1. The average Bonchev–Trinajstić information content (AvgIpc) is 2.74. The molecule has 20 heavy (non-hydrogen) atoms. The Balaban J connectivity index is 2.58. The van der Waals surface area contributed by atoms with Crippen LogP contribution in [-0.4, -0.2) is 19.2 Å². The Bertz CT molecular complexity index is 889. The third-order valence-electron chi connectivity index (χ3n) is 2.88. The lowest BCUT2D eigenvalue weighted by Crippen LogP contribution is -1.96. The van der Waals surface area contributed by atoms with Crippen LogP contribution in [0.3, 0.4) is 0 Å². The molecule has 3 aromatic rings. The minimum Gasteiger partial charge on any atom is -0.299 e. The molecule has 2 heterocycles. The number of aromatic nitrogens is 2. The van der Waals surface area contributed by atoms with Crippen LogP contribution in [-0.2, 0) is 0 Å². The van der Waals surface area contributed by atoms with Gasteiger partial charge in [0.05, 0.1) is 15.4 Å². The summed E-state index contributed by atoms with van der Waals surface area (Å²) in [5.41, 5.74) is -0.335. The Morgan fingerprint density at radius 3 is 2.60 bits per heavy atom. The maximum absolute atomic E-state index is 11.1. The second kappa shape index (κ2) is 4.14. The first-order valence-corrected chi connectivity index (χ1v) is 5.76. The van der Waals surface area contributed by atoms with E-state index < -0.39 is 26.2 Å². The molecule has 0 aliphatic heterocycles. The number of rotatable bonds is 2. The zero-order valence-corrected chi connectivity index (χ0v) is 10.4. The molecule has 0 spiro atoms. The van der Waals surface area contributed by atoms with Crippen molar-refractivity contribution in [3.05, 3.63) is 55.7 Å². The number of nitro groups is 2. The van der Waals surface area contributed by atoms with E-state index in [1.54, 1.807) is 24.4 Å². The fourth-order valence-electron chi connectivity index (χ4n) is 2.04. The summed E-state index contributed by atoms with van der Waals surface area (Å²) in [6.07, 6.45) is 1.62. The minimum atomic E-state index is -0.760. The third-order valence-corrected chi connectivity index (χ3v) is 3.25. The van der Waals surface area contributed by atoms with E-state index in [1.165, 1.54) is 10.5 Å². The van der Waals surface area contributed by atoms with Gasteiger partial charge in [-0.1, -0.05) is 17.7 Å². The van der Waals surface area contributed by atoms with E-state index in [4.69, 9.17) is 11.6 Å². The highest BCUT2D eigenvalue weighted by Gasteiger charge is 2.30. The van der Waals surface area contributed by atoms with Crippen LogP contribution in [0.5, 0.6) is 0 Å². The second-order valence-electron chi connectivity index (χ2n) is 3.98. The van der Waals surface area contributed by atoms with Gasteiger partial charge in [-0.3, -0.25) is 24.6 Å². The first-order chi connectivity index (χ1) is 9.50. The van der Waals surface area contributed by atoms with Crippen molar-refractivity contribution in [3.8, 4) is 0 Å². The van der Waals surface area contributed by atoms with E-state index >= 15 is 0 Å². The summed E-state index contributed by atoms with van der Waals surface area (Å²) in [5.74, 6) is 0. The molecule has 0 saturated carbocycles. The summed E-state index contributed by atoms with van der Waals surface area (Å²) in [4.78, 5) is 24.7. The van der Waals surface area contributed by atoms with Gasteiger partial charge < -0.3 is 0 Å². The lowest BCUT2D eigenvalue weighted by atomic mass is 10.2. The predicted molar refractivity (Wildman–Crippen MR) is 71.0 cm³/mol. The molecule has 0 amide bonds. The van der Waals surface area contributed by atoms with E-state index in [0.29, 0.717) is 5.65 Å². The molecule has 100 valence electrons. The Kier molecular flexibility index (Phi) is 2.54. The van der Waals surface area contributed by atoms with Gasteiger partial charge in [-0.05, 0) is 12.1 Å². The van der Waals surface area contributed by atoms with Crippen molar-refractivity contribution in [1.82, 2.24) is 9.38 Å². The van der Waals surface area contributed by atoms with E-state index in [9.17, 15) is 20.2 Å². The van der Waals surface area contributed by atoms with Crippen molar-refractivity contribution < 1.29 is 9.85 Å². The summed E-state index contributed by atoms with van der Waals surface area (Å²) in [5, 5.41) is 21.6. The van der Waals surface area contributed by atoms with Gasteiger partial charge >= 0.3 is 5.69 Å². The lowest BCUT2D eigenvalue weighted by Gasteiger charge is -1.99. The van der Waals surface area contributed by atoms with Crippen LogP contribution in [0.4, 0.5) is 11.4 Å². The molecular formula is C11H5ClN4O4. The summed E-state index contributed by atoms with van der Waals surface area (Å²) in [6.45, 7) is 0. The van der Waals surface area contributed by atoms with Gasteiger partial charge in [-0.15, -0.1) is 0 Å². The first-order valence-electron chi connectivity index (χ1n) is 5.39. The number of fused-ring (bicyclic) bond motifs is 3. The van der Waals surface area contributed by atoms with Gasteiger partial charge in [0.25, 0.3) is 5.69 Å². The molecule has 0 aliphatic rings. The van der Waals surface area contributed by atoms with Gasteiger partial charge in [0.15, 0.2) is 10.5 Å². The standard InChI is InChI=1S/C11H5ClN4O4/c12-9-6(15(17)18)5-7-10(11(9)16(19)20)13-8-3-1-2-4-14(7)8/h1-5H. The molecule has 2 aromatic heterocycles. The molecule has 0 bridgehead atoms. The van der Waals surface area contributed by atoms with Crippen LogP contribution in [0.15, 0.2) is 30.5 Å². The van der Waals surface area contributed by atoms with Gasteiger partial charge in [0.2, 0.25) is 0 Å². The van der Waals surface area contributed by atoms with Crippen LogP contribution in [0.25, 0.3) is 16.7 Å². The smallest absolute Gasteiger partial charge is 0.299 e. The third kappa shape index (κ3) is 1.58. The Morgan fingerprint density at radius 2 is 1.95 bits per heavy atom. The maximum Gasteiger partial charge on any atom is 0.322 e. The van der Waals surface area contributed by atoms with E-state index in [-0.39, 0.29) is 11.0 Å². The van der Waals surface area contributed by atoms with Crippen LogP contribution in [0.1, 0.15) is 0 Å². The molecule has 0 saturated heterocycles. The highest BCUT2D eigenvalue weighted by molar-refractivity contribution is 6.36. The highest BCUT2D eigenvalue weighted by atomic mass is 35.5. The van der Waals surface area contributed by atoms with E-state index in [1.807, 2.05) is 0 Å². The van der Waals surface area contributed by atoms with Crippen molar-refractivity contribution >= 4 is 39.7 Å². The number of hydrogen-bond donors (Lipinski definition) is 0. The van der Waals surface area contributed by atoms with Crippen LogP contribution in [0.2, 0.25) is 5.02 Å². The second-order valence-corrected chi connectivity index (χ2v) is 4.36. The molecule has 0 atom stereocenters. The van der Waals surface area contributed by atoms with Crippen molar-refractivity contribution in [3.63, 3.8) is 0 Å². The normalized spacial score (nSPS) is 11.1. The molecule has 8 nitrogen and oxygen atoms in total. The van der Waals surface area contributed by atoms with E-state index in [0.717, 1.165) is 0 Å². The molecular weight excluding hydrogens is 288 g/mol. The molecule has 3 rings (SSSR count). The monoisotopic (exact) mass is 292 g/mol. The SMILES string of the molecule is O=[N+]([O-])c1cc2c(nc3ccccn32)c([N+](=O)[O-])c1Cl. The topological polar surface area (TPSA) is 104 Å². The highest BCUT2D eigenvalue weighted by Crippen LogP contribution is 2.39. The Labute approximate surface area is 115 Å². The Morgan fingerprint density at radius 1 is 1.20 bits per heavy atom. The largest absolute Gasteiger partial charge is 0.322 e. The first kappa shape index (κ1) is 12.3. The molecule has 1 aromatic carbocycles. The lowest BCUT2D eigenvalue weighted by molar-refractivity contribution is -0.392. The fraction of sp³-hybridized carbons (Fsp3) is 0. The summed E-state index contributed by atoms with van der Waals surface area (Å²) >= 11 is 5.77. The quantitative estimate of drug-likeness (QED) is 0.533. The van der Waals surface area contributed by atoms with Crippen molar-refractivity contribution in [2.75, 3.05) is 0 Å². The van der Waals surface area contributed by atoms with E-state index in [2.05, 4.69) is 4.98 Å². The molecule has 0 aliphatic carbocycles. The predicted octanol–water partition coefficient (Wildman–Crippen LogP) is 2.96. The van der Waals surface area contributed by atoms with Gasteiger partial charge in [-0.2, -0.15) is 0 Å². The van der Waals surface area contributed by atoms with Gasteiger partial charge in [0, 0.05) is 12.3 Å². The van der Waals surface area contributed by atoms with Crippen LogP contribution >= 0.6 is 11.6 Å². The zero-order chi connectivity index (χ0) is 14.4. The summed E-state index contributed by atoms with van der Waals surface area (Å²) in [6, 6.07) is 6.23. The number of hydrogen-bond acceptors (Lipinski definition) is 5. The van der Waals surface area contributed by atoms with Crippen molar-refractivity contribution in [2.24, 2.45) is 0 Å². The molecule has 0 radical (unpaired) electrons. The number of imidazole rings is 1. The van der Waals surface area contributed by atoms with Crippen molar-refractivity contribution in [2.45, 2.75) is 0 Å². The van der Waals surface area contributed by atoms with Crippen LogP contribution in [0, 0.1) is 20.2 Å². The molecule has 0 N–H and O–H groups in total. The minimum absolute atomic E-state index is 0.0248. The molecule has 9 heteroatoms. The number of nitrogens with zero attached hydrogens (tertiary/aromatic N) is 4. The summed E-state index contributed by atoms with van der Waals surface area (Å²) < 4.78 is 1.53. The number of nitro benzene ring substituents is 2. The average molecular weight is 293 g/mol. The van der Waals surface area contributed by atoms with Gasteiger partial charge in [-0.25, -0.2) is 4.98 Å². The zero-order valence-electron chi connectivity index (χ0n) is 9.69. The fourth-order valence-corrected chi connectivity index (χ4v) is 2.33. The Hall–Kier alpha value is -2.74. The van der Waals surface area contributed by atoms with Gasteiger partial charge in [0.1, 0.15) is 5.65 Å². The number of halogens is 1. The molecule has 0 unspecified atom stereocenters. The number of benzene rings is 1. The molecule has 0 fully saturated rings. The number of pyridine rings is 1. The summed E-state index contributed by atoms with van der Waals surface area (Å²) in [7, 11) is 0. The van der Waals surface area contributed by atoms with Crippen LogP contribution < -0.4 is 0 Å².